The highest BCUT2D eigenvalue weighted by atomic mass is 16.5. The zero-order valence-corrected chi connectivity index (χ0v) is 17.9. The predicted molar refractivity (Wildman–Crippen MR) is 123 cm³/mol. The molecule has 7 heteroatoms. The molecule has 160 valence electrons. The van der Waals surface area contributed by atoms with Crippen LogP contribution in [0.2, 0.25) is 0 Å². The molecule has 0 saturated carbocycles. The van der Waals surface area contributed by atoms with Crippen molar-refractivity contribution >= 4 is 16.8 Å². The second-order valence-electron chi connectivity index (χ2n) is 7.23. The average molecular weight is 427 g/mol. The van der Waals surface area contributed by atoms with E-state index in [0.29, 0.717) is 28.5 Å². The summed E-state index contributed by atoms with van der Waals surface area (Å²) in [6.45, 7) is 0. The van der Waals surface area contributed by atoms with Crippen LogP contribution in [-0.4, -0.2) is 40.8 Å². The van der Waals surface area contributed by atoms with Crippen molar-refractivity contribution in [3.8, 4) is 45.4 Å². The lowest BCUT2D eigenvalue weighted by Crippen LogP contribution is -1.99. The van der Waals surface area contributed by atoms with Crippen molar-refractivity contribution in [1.29, 1.82) is 0 Å². The standard InChI is InChI=1S/C25H21N3O4/c1-30-16-10-8-15(9-11-16)18-14-28-20-7-5-4-6-19(20)26-25(28)27-24(18)23-21(29)12-17(31-2)13-22(23)32-3/h4-14,29H,1-3H3. The van der Waals surface area contributed by atoms with Crippen LogP contribution in [0, 0.1) is 0 Å². The largest absolute Gasteiger partial charge is 0.507 e. The summed E-state index contributed by atoms with van der Waals surface area (Å²) in [7, 11) is 4.72. The first-order chi connectivity index (χ1) is 15.6. The number of phenolic OH excluding ortho intramolecular Hbond substituents is 1. The Morgan fingerprint density at radius 1 is 0.812 bits per heavy atom. The van der Waals surface area contributed by atoms with Crippen molar-refractivity contribution in [2.45, 2.75) is 0 Å². The number of rotatable bonds is 5. The van der Waals surface area contributed by atoms with Crippen molar-refractivity contribution in [1.82, 2.24) is 14.4 Å². The van der Waals surface area contributed by atoms with Crippen LogP contribution in [0.3, 0.4) is 0 Å². The number of nitrogens with zero attached hydrogens (tertiary/aromatic N) is 3. The number of para-hydroxylation sites is 2. The lowest BCUT2D eigenvalue weighted by atomic mass is 9.99. The molecule has 0 radical (unpaired) electrons. The molecular formula is C25H21N3O4. The highest BCUT2D eigenvalue weighted by molar-refractivity contribution is 5.89. The lowest BCUT2D eigenvalue weighted by Gasteiger charge is -2.16. The molecule has 2 aromatic heterocycles. The van der Waals surface area contributed by atoms with Crippen molar-refractivity contribution in [3.63, 3.8) is 0 Å². The van der Waals surface area contributed by atoms with E-state index in [1.165, 1.54) is 7.11 Å². The van der Waals surface area contributed by atoms with Gasteiger partial charge in [0.1, 0.15) is 23.0 Å². The van der Waals surface area contributed by atoms with Crippen LogP contribution in [-0.2, 0) is 0 Å². The highest BCUT2D eigenvalue weighted by Gasteiger charge is 2.22. The van der Waals surface area contributed by atoms with Gasteiger partial charge in [0, 0.05) is 23.9 Å². The third-order valence-corrected chi connectivity index (χ3v) is 5.45. The van der Waals surface area contributed by atoms with E-state index in [0.717, 1.165) is 27.9 Å². The fraction of sp³-hybridized carbons (Fsp3) is 0.120. The summed E-state index contributed by atoms with van der Waals surface area (Å²) in [5, 5.41) is 10.9. The third-order valence-electron chi connectivity index (χ3n) is 5.45. The van der Waals surface area contributed by atoms with Gasteiger partial charge >= 0.3 is 0 Å². The minimum absolute atomic E-state index is 0.00363. The highest BCUT2D eigenvalue weighted by Crippen LogP contribution is 2.44. The first kappa shape index (κ1) is 19.7. The van der Waals surface area contributed by atoms with Crippen LogP contribution < -0.4 is 14.2 Å². The molecule has 0 aliphatic heterocycles. The molecule has 32 heavy (non-hydrogen) atoms. The Hall–Kier alpha value is -4.26. The van der Waals surface area contributed by atoms with E-state index in [1.807, 2.05) is 59.1 Å². The van der Waals surface area contributed by atoms with Gasteiger partial charge in [-0.25, -0.2) is 9.97 Å². The Morgan fingerprint density at radius 2 is 1.56 bits per heavy atom. The van der Waals surface area contributed by atoms with E-state index in [4.69, 9.17) is 19.2 Å². The first-order valence-corrected chi connectivity index (χ1v) is 10.0. The van der Waals surface area contributed by atoms with Gasteiger partial charge in [0.25, 0.3) is 0 Å². The van der Waals surface area contributed by atoms with E-state index in [2.05, 4.69) is 4.98 Å². The molecule has 2 heterocycles. The molecule has 7 nitrogen and oxygen atoms in total. The third kappa shape index (κ3) is 3.15. The second kappa shape index (κ2) is 7.77. The zero-order chi connectivity index (χ0) is 22.2. The monoisotopic (exact) mass is 427 g/mol. The van der Waals surface area contributed by atoms with Gasteiger partial charge < -0.3 is 19.3 Å². The summed E-state index contributed by atoms with van der Waals surface area (Å²) in [4.78, 5) is 9.53. The smallest absolute Gasteiger partial charge is 0.235 e. The van der Waals surface area contributed by atoms with Gasteiger partial charge in [-0.2, -0.15) is 0 Å². The lowest BCUT2D eigenvalue weighted by molar-refractivity contribution is 0.386. The van der Waals surface area contributed by atoms with Crippen molar-refractivity contribution in [2.75, 3.05) is 21.3 Å². The zero-order valence-electron chi connectivity index (χ0n) is 17.9. The van der Waals surface area contributed by atoms with Crippen molar-refractivity contribution in [3.05, 3.63) is 66.9 Å². The number of aromatic nitrogens is 3. The molecule has 1 N–H and O–H groups in total. The number of ether oxygens (including phenoxy) is 3. The van der Waals surface area contributed by atoms with Gasteiger partial charge in [-0.15, -0.1) is 0 Å². The first-order valence-electron chi connectivity index (χ1n) is 10.0. The SMILES string of the molecule is COc1ccc(-c2cn3c(nc2-c2c(O)cc(OC)cc2OC)nc2ccccc23)cc1. The summed E-state index contributed by atoms with van der Waals surface area (Å²) in [6.07, 6.45) is 1.98. The quantitative estimate of drug-likeness (QED) is 0.428. The van der Waals surface area contributed by atoms with Crippen LogP contribution in [0.25, 0.3) is 39.2 Å². The molecule has 5 rings (SSSR count). The molecule has 0 atom stereocenters. The molecule has 0 unspecified atom stereocenters. The number of aromatic hydroxyl groups is 1. The maximum absolute atomic E-state index is 10.9. The molecule has 0 fully saturated rings. The van der Waals surface area contributed by atoms with Crippen LogP contribution >= 0.6 is 0 Å². The van der Waals surface area contributed by atoms with E-state index < -0.39 is 0 Å². The van der Waals surface area contributed by atoms with Gasteiger partial charge in [-0.1, -0.05) is 24.3 Å². The molecule has 0 aliphatic carbocycles. The van der Waals surface area contributed by atoms with E-state index in [-0.39, 0.29) is 5.75 Å². The number of phenols is 1. The van der Waals surface area contributed by atoms with Crippen LogP contribution in [0.15, 0.2) is 66.9 Å². The van der Waals surface area contributed by atoms with Gasteiger partial charge in [-0.05, 0) is 29.8 Å². The van der Waals surface area contributed by atoms with E-state index in [1.54, 1.807) is 26.4 Å². The summed E-state index contributed by atoms with van der Waals surface area (Å²) >= 11 is 0. The molecule has 0 spiro atoms. The predicted octanol–water partition coefficient (Wildman–Crippen LogP) is 4.95. The van der Waals surface area contributed by atoms with Crippen molar-refractivity contribution in [2.24, 2.45) is 0 Å². The Bertz CT molecular complexity index is 1440. The maximum atomic E-state index is 10.9. The van der Waals surface area contributed by atoms with Gasteiger partial charge in [0.15, 0.2) is 0 Å². The molecule has 0 saturated heterocycles. The Labute approximate surface area is 184 Å². The van der Waals surface area contributed by atoms with Gasteiger partial charge in [-0.3, -0.25) is 4.40 Å². The Balaban J connectivity index is 1.86. The number of benzene rings is 3. The number of imidazole rings is 1. The number of hydrogen-bond donors (Lipinski definition) is 1. The van der Waals surface area contributed by atoms with Gasteiger partial charge in [0.2, 0.25) is 5.78 Å². The van der Waals surface area contributed by atoms with Crippen LogP contribution in [0.5, 0.6) is 23.0 Å². The molecule has 0 bridgehead atoms. The van der Waals surface area contributed by atoms with Crippen LogP contribution in [0.4, 0.5) is 0 Å². The van der Waals surface area contributed by atoms with Gasteiger partial charge in [0.05, 0.1) is 43.6 Å². The Morgan fingerprint density at radius 3 is 2.28 bits per heavy atom. The fourth-order valence-corrected chi connectivity index (χ4v) is 3.85. The summed E-state index contributed by atoms with van der Waals surface area (Å²) in [6, 6.07) is 18.8. The minimum atomic E-state index is 0.00363. The maximum Gasteiger partial charge on any atom is 0.235 e. The fourth-order valence-electron chi connectivity index (χ4n) is 3.85. The summed E-state index contributed by atoms with van der Waals surface area (Å²) in [5.41, 5.74) is 4.52. The Kier molecular flexibility index (Phi) is 4.78. The molecule has 3 aromatic carbocycles. The molecule has 0 amide bonds. The average Bonchev–Trinajstić information content (AvgIpc) is 3.20. The topological polar surface area (TPSA) is 78.1 Å². The van der Waals surface area contributed by atoms with Crippen LogP contribution in [0.1, 0.15) is 0 Å². The molecule has 5 aromatic rings. The molecular weight excluding hydrogens is 406 g/mol. The second-order valence-corrected chi connectivity index (χ2v) is 7.23. The normalized spacial score (nSPS) is 11.1. The summed E-state index contributed by atoms with van der Waals surface area (Å²) in [5.74, 6) is 2.22. The van der Waals surface area contributed by atoms with Crippen molar-refractivity contribution < 1.29 is 19.3 Å². The number of methoxy groups -OCH3 is 3. The van der Waals surface area contributed by atoms with E-state index >= 15 is 0 Å². The minimum Gasteiger partial charge on any atom is -0.507 e. The number of hydrogen-bond acceptors (Lipinski definition) is 6. The molecule has 0 aliphatic rings. The summed E-state index contributed by atoms with van der Waals surface area (Å²) < 4.78 is 18.1. The van der Waals surface area contributed by atoms with E-state index in [9.17, 15) is 5.11 Å². The number of fused-ring (bicyclic) bond motifs is 3.